The quantitative estimate of drug-likeness (QED) is 0.169. The van der Waals surface area contributed by atoms with Crippen molar-refractivity contribution in [2.75, 3.05) is 37.0 Å². The fraction of sp³-hybridized carbons (Fsp3) is 0.216. The van der Waals surface area contributed by atoms with Crippen molar-refractivity contribution in [2.24, 2.45) is 0 Å². The number of nitrogens with zero attached hydrogens (tertiary/aromatic N) is 2. The van der Waals surface area contributed by atoms with Crippen LogP contribution in [0.25, 0.3) is 19.6 Å². The maximum Gasteiger partial charge on any atom is 0.305 e. The summed E-state index contributed by atoms with van der Waals surface area (Å²) in [6.45, 7) is 3.72. The molecule has 1 atom stereocenters. The first kappa shape index (κ1) is 31.8. The van der Waals surface area contributed by atoms with Gasteiger partial charge in [0, 0.05) is 58.2 Å². The molecule has 1 N–H and O–H groups in total. The van der Waals surface area contributed by atoms with E-state index >= 15 is 0 Å². The maximum atomic E-state index is 11.1. The van der Waals surface area contributed by atoms with Crippen LogP contribution in [0.15, 0.2) is 109 Å². The summed E-state index contributed by atoms with van der Waals surface area (Å²) in [5.41, 5.74) is 7.16. The second-order valence-corrected chi connectivity index (χ2v) is 17.5. The molecule has 4 aromatic carbocycles. The van der Waals surface area contributed by atoms with Crippen LogP contribution in [0.3, 0.4) is 0 Å². The predicted molar refractivity (Wildman–Crippen MR) is 202 cm³/mol. The number of aliphatic carboxylic acids is 1. The molecule has 8 heteroatoms. The smallest absolute Gasteiger partial charge is 0.305 e. The fourth-order valence-electron chi connectivity index (χ4n) is 5.34. The summed E-state index contributed by atoms with van der Waals surface area (Å²) in [7, 11) is 4.10. The van der Waals surface area contributed by atoms with Gasteiger partial charge >= 0.3 is 5.97 Å². The second kappa shape index (κ2) is 14.1. The summed E-state index contributed by atoms with van der Waals surface area (Å²) in [5, 5.41) is 9.12. The Morgan fingerprint density at radius 2 is 0.933 bits per heavy atom. The molecule has 45 heavy (non-hydrogen) atoms. The van der Waals surface area contributed by atoms with Gasteiger partial charge in [-0.2, -0.15) is 0 Å². The van der Waals surface area contributed by atoms with Crippen molar-refractivity contribution >= 4 is 84.0 Å². The van der Waals surface area contributed by atoms with E-state index in [0.29, 0.717) is 6.54 Å². The number of rotatable bonds is 11. The van der Waals surface area contributed by atoms with E-state index < -0.39 is 5.97 Å². The van der Waals surface area contributed by atoms with Gasteiger partial charge in [-0.25, -0.2) is 0 Å². The molecule has 0 aliphatic carbocycles. The number of carboxylic acids is 1. The van der Waals surface area contributed by atoms with Gasteiger partial charge in [0.25, 0.3) is 0 Å². The Bertz CT molecular complexity index is 1710. The van der Waals surface area contributed by atoms with E-state index in [-0.39, 0.29) is 9.16 Å². The summed E-state index contributed by atoms with van der Waals surface area (Å²) in [6, 6.07) is 39.1. The molecule has 2 aliphatic heterocycles. The molecule has 0 fully saturated rings. The van der Waals surface area contributed by atoms with Crippen LogP contribution in [0.5, 0.6) is 0 Å². The van der Waals surface area contributed by atoms with Gasteiger partial charge in [0.15, 0.2) is 2.74 Å². The van der Waals surface area contributed by atoms with Gasteiger partial charge in [0.2, 0.25) is 0 Å². The molecule has 0 saturated carbocycles. The zero-order chi connectivity index (χ0) is 31.4. The summed E-state index contributed by atoms with van der Waals surface area (Å²) >= 11 is 7.82. The Morgan fingerprint density at radius 1 is 0.578 bits per heavy atom. The Labute approximate surface area is 283 Å². The van der Waals surface area contributed by atoms with Crippen molar-refractivity contribution in [1.82, 2.24) is 0 Å². The maximum absolute atomic E-state index is 11.1. The normalized spacial score (nSPS) is 17.8. The van der Waals surface area contributed by atoms with Gasteiger partial charge in [-0.1, -0.05) is 139 Å². The zero-order valence-corrected chi connectivity index (χ0v) is 28.9. The Morgan fingerprint density at radius 3 is 1.29 bits per heavy atom. The number of benzene rings is 4. The molecule has 0 amide bonds. The Kier molecular flexibility index (Phi) is 9.95. The third-order valence-electron chi connectivity index (χ3n) is 7.75. The van der Waals surface area contributed by atoms with E-state index in [1.54, 1.807) is 0 Å². The number of hydrogen-bond acceptors (Lipinski definition) is 7. The lowest BCUT2D eigenvalue weighted by molar-refractivity contribution is -0.136. The van der Waals surface area contributed by atoms with Gasteiger partial charge in [-0.3, -0.25) is 4.79 Å². The highest BCUT2D eigenvalue weighted by Crippen LogP contribution is 2.78. The van der Waals surface area contributed by atoms with Crippen LogP contribution >= 0.6 is 47.0 Å². The van der Waals surface area contributed by atoms with Crippen molar-refractivity contribution in [3.63, 3.8) is 0 Å². The van der Waals surface area contributed by atoms with Crippen LogP contribution in [-0.4, -0.2) is 41.0 Å². The van der Waals surface area contributed by atoms with E-state index in [0.717, 1.165) is 18.7 Å². The molecule has 4 aromatic rings. The van der Waals surface area contributed by atoms with Crippen LogP contribution in [0.1, 0.15) is 42.0 Å². The molecular formula is C37H36N2O2S4. The topological polar surface area (TPSA) is 43.8 Å². The van der Waals surface area contributed by atoms with Gasteiger partial charge in [-0.15, -0.1) is 0 Å². The van der Waals surface area contributed by atoms with Gasteiger partial charge in [-0.05, 0) is 52.9 Å². The lowest BCUT2D eigenvalue weighted by Gasteiger charge is -2.22. The summed E-state index contributed by atoms with van der Waals surface area (Å²) in [5.74, 6) is -0.782. The molecule has 0 saturated heterocycles. The first-order chi connectivity index (χ1) is 21.9. The highest BCUT2D eigenvalue weighted by molar-refractivity contribution is 8.58. The molecule has 230 valence electrons. The van der Waals surface area contributed by atoms with Crippen LogP contribution in [0.2, 0.25) is 0 Å². The number of carbonyl (C=O) groups is 1. The standard InChI is InChI=1S/C37H36N2O2S4/c1-4-24-38(2)30-19-15-28(16-20-30)35-33(26-11-7-5-8-12-26)42-37(44-35)43-34(27-13-9-6-10-14-27)36(45-37)29-17-21-31(22-18-29)39(3)25-23-32(40)41/h5-22H,4,23-25H2,1-3H3,(H,40,41). The van der Waals surface area contributed by atoms with E-state index in [1.165, 1.54) is 47.6 Å². The highest BCUT2D eigenvalue weighted by atomic mass is 32.3. The molecule has 4 nitrogen and oxygen atoms in total. The fourth-order valence-corrected chi connectivity index (χ4v) is 12.7. The number of hydrogen-bond donors (Lipinski definition) is 1. The number of anilines is 2. The Hall–Kier alpha value is -3.17. The summed E-state index contributed by atoms with van der Waals surface area (Å²) in [6.07, 6.45) is 1.23. The van der Waals surface area contributed by atoms with Crippen molar-refractivity contribution < 1.29 is 9.90 Å². The van der Waals surface area contributed by atoms with Gasteiger partial charge < -0.3 is 14.9 Å². The largest absolute Gasteiger partial charge is 0.481 e. The van der Waals surface area contributed by atoms with Crippen molar-refractivity contribution in [3.05, 3.63) is 131 Å². The van der Waals surface area contributed by atoms with Crippen molar-refractivity contribution in [2.45, 2.75) is 22.5 Å². The molecule has 0 bridgehead atoms. The van der Waals surface area contributed by atoms with Crippen LogP contribution in [0, 0.1) is 0 Å². The number of carboxylic acid groups (broad SMARTS) is 1. The minimum absolute atomic E-state index is 0.113. The van der Waals surface area contributed by atoms with Crippen LogP contribution in [-0.2, 0) is 4.79 Å². The highest BCUT2D eigenvalue weighted by Gasteiger charge is 2.49. The molecule has 1 spiro atoms. The SMILES string of the molecule is CCCN(C)c1ccc(C2=C(c3ccccc3)SC3(SC(c4ccccc4)=C(c4ccc(N(C)CCC(=O)O)cc4)S3)S2)cc1. The molecule has 0 aromatic heterocycles. The first-order valence-corrected chi connectivity index (χ1v) is 18.3. The third kappa shape index (κ3) is 7.14. The lowest BCUT2D eigenvalue weighted by atomic mass is 10.1. The molecule has 6 rings (SSSR count). The first-order valence-electron chi connectivity index (χ1n) is 15.1. The molecule has 1 unspecified atom stereocenters. The van der Waals surface area contributed by atoms with E-state index in [1.807, 2.05) is 59.0 Å². The number of thioether (sulfide) groups is 4. The monoisotopic (exact) mass is 668 g/mol. The Balaban J connectivity index is 1.34. The molecular weight excluding hydrogens is 633 g/mol. The lowest BCUT2D eigenvalue weighted by Crippen LogP contribution is -2.20. The van der Waals surface area contributed by atoms with Crippen molar-refractivity contribution in [1.29, 1.82) is 0 Å². The minimum Gasteiger partial charge on any atom is -0.481 e. The summed E-state index contributed by atoms with van der Waals surface area (Å²) in [4.78, 5) is 20.6. The van der Waals surface area contributed by atoms with Gasteiger partial charge in [0.05, 0.1) is 6.42 Å². The van der Waals surface area contributed by atoms with Gasteiger partial charge in [0.1, 0.15) is 0 Å². The van der Waals surface area contributed by atoms with E-state index in [4.69, 9.17) is 5.11 Å². The molecule has 2 aliphatic rings. The average molecular weight is 669 g/mol. The van der Waals surface area contributed by atoms with Crippen LogP contribution < -0.4 is 9.80 Å². The van der Waals surface area contributed by atoms with Crippen molar-refractivity contribution in [3.8, 4) is 0 Å². The molecule has 2 heterocycles. The average Bonchev–Trinajstić information content (AvgIpc) is 3.65. The van der Waals surface area contributed by atoms with E-state index in [2.05, 4.69) is 128 Å². The second-order valence-electron chi connectivity index (χ2n) is 11.0. The van der Waals surface area contributed by atoms with Crippen LogP contribution in [0.4, 0.5) is 11.4 Å². The molecule has 0 radical (unpaired) electrons. The predicted octanol–water partition coefficient (Wildman–Crippen LogP) is 10.4. The zero-order valence-electron chi connectivity index (χ0n) is 25.6. The minimum atomic E-state index is -0.782. The summed E-state index contributed by atoms with van der Waals surface area (Å²) < 4.78 is -0.213. The van der Waals surface area contributed by atoms with E-state index in [9.17, 15) is 4.79 Å². The third-order valence-corrected chi connectivity index (χ3v) is 14.6.